The van der Waals surface area contributed by atoms with Crippen LogP contribution in [0.3, 0.4) is 0 Å². The highest BCUT2D eigenvalue weighted by atomic mass is 32.1. The summed E-state index contributed by atoms with van der Waals surface area (Å²) in [6.45, 7) is 1.93. The van der Waals surface area contributed by atoms with Crippen molar-refractivity contribution in [2.75, 3.05) is 0 Å². The Morgan fingerprint density at radius 1 is 1.12 bits per heavy atom. The van der Waals surface area contributed by atoms with E-state index in [1.807, 2.05) is 42.6 Å². The second kappa shape index (κ2) is 5.47. The van der Waals surface area contributed by atoms with Crippen LogP contribution in [0.2, 0.25) is 0 Å². The number of fused-ring (bicyclic) bond motifs is 3. The minimum atomic E-state index is -0.101. The lowest BCUT2D eigenvalue weighted by Crippen LogP contribution is -2.05. The van der Waals surface area contributed by atoms with E-state index in [0.717, 1.165) is 33.0 Å². The third kappa shape index (κ3) is 2.21. The molecule has 0 radical (unpaired) electrons. The molecule has 4 aromatic rings. The summed E-state index contributed by atoms with van der Waals surface area (Å²) >= 11 is 1.40. The van der Waals surface area contributed by atoms with Crippen molar-refractivity contribution in [2.45, 2.75) is 13.0 Å². The van der Waals surface area contributed by atoms with E-state index < -0.39 is 0 Å². The zero-order chi connectivity index (χ0) is 16.8. The minimum absolute atomic E-state index is 0.0416. The van der Waals surface area contributed by atoms with E-state index >= 15 is 0 Å². The molecular formula is C19H16N2O2S. The van der Waals surface area contributed by atoms with Gasteiger partial charge in [0.15, 0.2) is 0 Å². The van der Waals surface area contributed by atoms with E-state index in [1.165, 1.54) is 11.3 Å². The molecular weight excluding hydrogens is 320 g/mol. The monoisotopic (exact) mass is 336 g/mol. The lowest BCUT2D eigenvalue weighted by Gasteiger charge is -2.12. The number of pyridine rings is 1. The first-order valence-corrected chi connectivity index (χ1v) is 8.55. The summed E-state index contributed by atoms with van der Waals surface area (Å²) in [7, 11) is 0. The standard InChI is InChI=1S/C19H16N2O2S/c1-10(20)11-2-4-12(5-3-11)16-15(22)7-6-14-17(16)13-8-9-24-18(13)19(23)21-14/h2-10,22H,20H2,1H3,(H,21,23)/t10-/m0/s1. The fourth-order valence-corrected chi connectivity index (χ4v) is 3.88. The summed E-state index contributed by atoms with van der Waals surface area (Å²) in [6, 6.07) is 13.1. The van der Waals surface area contributed by atoms with Crippen LogP contribution in [-0.4, -0.2) is 10.1 Å². The van der Waals surface area contributed by atoms with Gasteiger partial charge in [-0.2, -0.15) is 0 Å². The molecule has 2 heterocycles. The summed E-state index contributed by atoms with van der Waals surface area (Å²) in [5.74, 6) is 0.190. The molecule has 2 aromatic carbocycles. The molecule has 1 atom stereocenters. The maximum atomic E-state index is 12.2. The number of aromatic amines is 1. The van der Waals surface area contributed by atoms with Crippen molar-refractivity contribution in [3.8, 4) is 16.9 Å². The van der Waals surface area contributed by atoms with Crippen LogP contribution < -0.4 is 11.3 Å². The van der Waals surface area contributed by atoms with Crippen LogP contribution in [0.25, 0.3) is 32.1 Å². The van der Waals surface area contributed by atoms with Gasteiger partial charge in [-0.15, -0.1) is 11.3 Å². The lowest BCUT2D eigenvalue weighted by molar-refractivity contribution is 0.478. The Labute approximate surface area is 142 Å². The Hall–Kier alpha value is -2.63. The lowest BCUT2D eigenvalue weighted by atomic mass is 9.96. The molecule has 0 saturated heterocycles. The second-order valence-electron chi connectivity index (χ2n) is 5.91. The molecule has 0 aliphatic rings. The molecule has 4 rings (SSSR count). The molecule has 0 aliphatic heterocycles. The van der Waals surface area contributed by atoms with Gasteiger partial charge in [-0.05, 0) is 41.6 Å². The number of benzene rings is 2. The largest absolute Gasteiger partial charge is 0.507 e. The zero-order valence-electron chi connectivity index (χ0n) is 13.0. The Morgan fingerprint density at radius 3 is 2.58 bits per heavy atom. The molecule has 4 nitrogen and oxygen atoms in total. The first-order chi connectivity index (χ1) is 11.6. The average Bonchev–Trinajstić information content (AvgIpc) is 3.06. The predicted molar refractivity (Wildman–Crippen MR) is 99.7 cm³/mol. The first-order valence-electron chi connectivity index (χ1n) is 7.67. The van der Waals surface area contributed by atoms with Crippen molar-refractivity contribution in [2.24, 2.45) is 5.73 Å². The molecule has 0 amide bonds. The quantitative estimate of drug-likeness (QED) is 0.515. The van der Waals surface area contributed by atoms with Crippen LogP contribution in [0.4, 0.5) is 0 Å². The van der Waals surface area contributed by atoms with Crippen LogP contribution >= 0.6 is 11.3 Å². The van der Waals surface area contributed by atoms with Gasteiger partial charge >= 0.3 is 0 Å². The number of aromatic hydroxyl groups is 1. The number of thiophene rings is 1. The van der Waals surface area contributed by atoms with Crippen LogP contribution in [0, 0.1) is 0 Å². The maximum Gasteiger partial charge on any atom is 0.266 e. The van der Waals surface area contributed by atoms with E-state index in [-0.39, 0.29) is 17.4 Å². The smallest absolute Gasteiger partial charge is 0.266 e. The van der Waals surface area contributed by atoms with Crippen molar-refractivity contribution in [3.05, 3.63) is 63.8 Å². The van der Waals surface area contributed by atoms with Crippen LogP contribution in [0.1, 0.15) is 18.5 Å². The number of nitrogens with two attached hydrogens (primary N) is 1. The minimum Gasteiger partial charge on any atom is -0.507 e. The molecule has 5 heteroatoms. The van der Waals surface area contributed by atoms with Gasteiger partial charge in [0.25, 0.3) is 5.56 Å². The van der Waals surface area contributed by atoms with Crippen LogP contribution in [-0.2, 0) is 0 Å². The van der Waals surface area contributed by atoms with E-state index in [9.17, 15) is 9.90 Å². The fraction of sp³-hybridized carbons (Fsp3) is 0.105. The maximum absolute atomic E-state index is 12.2. The molecule has 0 fully saturated rings. The van der Waals surface area contributed by atoms with Gasteiger partial charge < -0.3 is 15.8 Å². The summed E-state index contributed by atoms with van der Waals surface area (Å²) in [5.41, 5.74) is 9.18. The highest BCUT2D eigenvalue weighted by Crippen LogP contribution is 2.39. The third-order valence-corrected chi connectivity index (χ3v) is 5.21. The van der Waals surface area contributed by atoms with E-state index in [4.69, 9.17) is 5.73 Å². The van der Waals surface area contributed by atoms with Crippen LogP contribution in [0.15, 0.2) is 52.6 Å². The fourth-order valence-electron chi connectivity index (χ4n) is 3.08. The summed E-state index contributed by atoms with van der Waals surface area (Å²) in [6.07, 6.45) is 0. The van der Waals surface area contributed by atoms with E-state index in [0.29, 0.717) is 4.70 Å². The van der Waals surface area contributed by atoms with Gasteiger partial charge in [0.2, 0.25) is 0 Å². The molecule has 120 valence electrons. The normalized spacial score (nSPS) is 12.8. The Balaban J connectivity index is 2.09. The van der Waals surface area contributed by atoms with Gasteiger partial charge in [0, 0.05) is 27.9 Å². The number of hydrogen-bond acceptors (Lipinski definition) is 4. The van der Waals surface area contributed by atoms with Gasteiger partial charge in [-0.25, -0.2) is 0 Å². The van der Waals surface area contributed by atoms with Gasteiger partial charge in [-0.3, -0.25) is 4.79 Å². The SMILES string of the molecule is C[C@H](N)c1ccc(-c2c(O)ccc3[nH]c(=O)c4sccc4c23)cc1. The molecule has 0 spiro atoms. The van der Waals surface area contributed by atoms with E-state index in [2.05, 4.69) is 4.98 Å². The zero-order valence-corrected chi connectivity index (χ0v) is 13.9. The van der Waals surface area contributed by atoms with Gasteiger partial charge in [0.1, 0.15) is 10.4 Å². The van der Waals surface area contributed by atoms with Crippen molar-refractivity contribution in [1.29, 1.82) is 0 Å². The molecule has 2 aromatic heterocycles. The van der Waals surface area contributed by atoms with Crippen molar-refractivity contribution in [1.82, 2.24) is 4.98 Å². The highest BCUT2D eigenvalue weighted by Gasteiger charge is 2.15. The van der Waals surface area contributed by atoms with Crippen molar-refractivity contribution in [3.63, 3.8) is 0 Å². The summed E-state index contributed by atoms with van der Waals surface area (Å²) in [4.78, 5) is 15.1. The molecule has 0 unspecified atom stereocenters. The number of H-pyrrole nitrogens is 1. The number of rotatable bonds is 2. The highest BCUT2D eigenvalue weighted by molar-refractivity contribution is 7.17. The predicted octanol–water partition coefficient (Wildman–Crippen LogP) is 4.14. The molecule has 4 N–H and O–H groups in total. The Morgan fingerprint density at radius 2 is 1.88 bits per heavy atom. The number of phenolic OH excluding ortho intramolecular Hbond substituents is 1. The molecule has 24 heavy (non-hydrogen) atoms. The van der Waals surface area contributed by atoms with E-state index in [1.54, 1.807) is 12.1 Å². The number of nitrogens with one attached hydrogen (secondary N) is 1. The first kappa shape index (κ1) is 14.9. The summed E-state index contributed by atoms with van der Waals surface area (Å²) < 4.78 is 0.668. The topological polar surface area (TPSA) is 79.1 Å². The molecule has 0 bridgehead atoms. The van der Waals surface area contributed by atoms with Crippen LogP contribution in [0.5, 0.6) is 5.75 Å². The average molecular weight is 336 g/mol. The number of hydrogen-bond donors (Lipinski definition) is 3. The van der Waals surface area contributed by atoms with Crippen molar-refractivity contribution < 1.29 is 5.11 Å². The molecule has 0 saturated carbocycles. The summed E-state index contributed by atoms with van der Waals surface area (Å²) in [5, 5.41) is 14.1. The number of aromatic nitrogens is 1. The molecule has 0 aliphatic carbocycles. The Kier molecular flexibility index (Phi) is 3.40. The van der Waals surface area contributed by atoms with Gasteiger partial charge in [-0.1, -0.05) is 24.3 Å². The van der Waals surface area contributed by atoms with Gasteiger partial charge in [0.05, 0.1) is 0 Å². The van der Waals surface area contributed by atoms with Crippen molar-refractivity contribution >= 4 is 32.3 Å². The Bertz CT molecular complexity index is 1110. The second-order valence-corrected chi connectivity index (χ2v) is 6.83. The number of phenols is 1. The third-order valence-electron chi connectivity index (χ3n) is 4.30.